The number of aliphatic hydroxyl groups is 2. The first-order valence-corrected chi connectivity index (χ1v) is 5.47. The molecule has 0 aliphatic carbocycles. The molecule has 0 fully saturated rings. The monoisotopic (exact) mass is 233 g/mol. The van der Waals surface area contributed by atoms with Crippen LogP contribution in [0.2, 0.25) is 0 Å². The van der Waals surface area contributed by atoms with Crippen molar-refractivity contribution in [2.45, 2.75) is 19.1 Å². The van der Waals surface area contributed by atoms with Gasteiger partial charge in [0.25, 0.3) is 0 Å². The molecule has 0 bridgehead atoms. The van der Waals surface area contributed by atoms with Crippen LogP contribution in [-0.4, -0.2) is 37.5 Å². The van der Waals surface area contributed by atoms with E-state index in [2.05, 4.69) is 9.97 Å². The van der Waals surface area contributed by atoms with Crippen LogP contribution >= 0.6 is 0 Å². The molecule has 5 heteroatoms. The summed E-state index contributed by atoms with van der Waals surface area (Å²) in [6.07, 6.45) is 6.92. The van der Waals surface area contributed by atoms with Crippen molar-refractivity contribution in [3.05, 3.63) is 48.3 Å². The minimum atomic E-state index is -0.750. The Bertz CT molecular complexity index is 456. The largest absolute Gasteiger partial charge is 0.394 e. The second-order valence-electron chi connectivity index (χ2n) is 3.86. The Morgan fingerprint density at radius 3 is 2.71 bits per heavy atom. The van der Waals surface area contributed by atoms with Crippen LogP contribution in [0.25, 0.3) is 0 Å². The molecule has 2 rings (SSSR count). The zero-order valence-electron chi connectivity index (χ0n) is 9.40. The summed E-state index contributed by atoms with van der Waals surface area (Å²) in [5, 5.41) is 18.2. The molecule has 0 amide bonds. The van der Waals surface area contributed by atoms with Crippen molar-refractivity contribution >= 4 is 0 Å². The Balaban J connectivity index is 2.09. The van der Waals surface area contributed by atoms with Crippen LogP contribution in [-0.2, 0) is 13.0 Å². The first-order chi connectivity index (χ1) is 8.29. The standard InChI is InChI=1S/C12H15N3O2/c16-9-11(17)8-15-6-5-14-12(15)7-10-1-3-13-4-2-10/h1-6,11,16-17H,7-9H2. The zero-order valence-corrected chi connectivity index (χ0v) is 9.40. The number of hydrogen-bond acceptors (Lipinski definition) is 4. The summed E-state index contributed by atoms with van der Waals surface area (Å²) >= 11 is 0. The van der Waals surface area contributed by atoms with Crippen molar-refractivity contribution in [2.24, 2.45) is 0 Å². The van der Waals surface area contributed by atoms with Gasteiger partial charge in [0.2, 0.25) is 0 Å². The third kappa shape index (κ3) is 3.12. The molecular formula is C12H15N3O2. The fourth-order valence-electron chi connectivity index (χ4n) is 1.64. The van der Waals surface area contributed by atoms with E-state index in [4.69, 9.17) is 5.11 Å². The second-order valence-corrected chi connectivity index (χ2v) is 3.86. The highest BCUT2D eigenvalue weighted by atomic mass is 16.3. The lowest BCUT2D eigenvalue weighted by Gasteiger charge is -2.11. The van der Waals surface area contributed by atoms with E-state index in [1.165, 1.54) is 0 Å². The van der Waals surface area contributed by atoms with E-state index in [1.54, 1.807) is 24.8 Å². The molecule has 0 aliphatic rings. The Labute approximate surface area is 99.4 Å². The van der Waals surface area contributed by atoms with Crippen LogP contribution in [0.15, 0.2) is 36.9 Å². The molecule has 0 saturated carbocycles. The van der Waals surface area contributed by atoms with Gasteiger partial charge in [-0.1, -0.05) is 0 Å². The van der Waals surface area contributed by atoms with E-state index in [0.717, 1.165) is 11.4 Å². The predicted molar refractivity (Wildman–Crippen MR) is 62.4 cm³/mol. The highest BCUT2D eigenvalue weighted by molar-refractivity contribution is 5.15. The van der Waals surface area contributed by atoms with Gasteiger partial charge < -0.3 is 14.8 Å². The average Bonchev–Trinajstić information content (AvgIpc) is 2.78. The van der Waals surface area contributed by atoms with Crippen LogP contribution in [0.3, 0.4) is 0 Å². The lowest BCUT2D eigenvalue weighted by molar-refractivity contribution is 0.0806. The summed E-state index contributed by atoms with van der Waals surface area (Å²) in [7, 11) is 0. The van der Waals surface area contributed by atoms with Crippen LogP contribution in [0.5, 0.6) is 0 Å². The summed E-state index contributed by atoms with van der Waals surface area (Å²) in [5.41, 5.74) is 1.12. The predicted octanol–water partition coefficient (Wildman–Crippen LogP) is 0.222. The number of rotatable bonds is 5. The van der Waals surface area contributed by atoms with E-state index in [1.807, 2.05) is 16.7 Å². The smallest absolute Gasteiger partial charge is 0.113 e. The summed E-state index contributed by atoms with van der Waals surface area (Å²) in [6.45, 7) is 0.115. The third-order valence-corrected chi connectivity index (χ3v) is 2.53. The van der Waals surface area contributed by atoms with Gasteiger partial charge in [-0.3, -0.25) is 4.98 Å². The van der Waals surface area contributed by atoms with Gasteiger partial charge in [0, 0.05) is 31.2 Å². The molecule has 5 nitrogen and oxygen atoms in total. The van der Waals surface area contributed by atoms with Gasteiger partial charge in [0.05, 0.1) is 19.3 Å². The maximum Gasteiger partial charge on any atom is 0.113 e. The average molecular weight is 233 g/mol. The van der Waals surface area contributed by atoms with E-state index in [0.29, 0.717) is 13.0 Å². The number of pyridine rings is 1. The Morgan fingerprint density at radius 2 is 2.00 bits per heavy atom. The molecule has 1 unspecified atom stereocenters. The van der Waals surface area contributed by atoms with Gasteiger partial charge in [-0.05, 0) is 17.7 Å². The molecule has 2 heterocycles. The normalized spacial score (nSPS) is 12.6. The van der Waals surface area contributed by atoms with Gasteiger partial charge >= 0.3 is 0 Å². The summed E-state index contributed by atoms with van der Waals surface area (Å²) in [4.78, 5) is 8.21. The topological polar surface area (TPSA) is 71.2 Å². The maximum absolute atomic E-state index is 9.41. The Morgan fingerprint density at radius 1 is 1.24 bits per heavy atom. The van der Waals surface area contributed by atoms with Gasteiger partial charge in [0.1, 0.15) is 5.82 Å². The lowest BCUT2D eigenvalue weighted by atomic mass is 10.2. The van der Waals surface area contributed by atoms with Gasteiger partial charge in [-0.2, -0.15) is 0 Å². The number of aliphatic hydroxyl groups excluding tert-OH is 2. The Kier molecular flexibility index (Phi) is 3.85. The van der Waals surface area contributed by atoms with Crippen molar-refractivity contribution in [3.8, 4) is 0 Å². The molecular weight excluding hydrogens is 218 g/mol. The molecule has 0 spiro atoms. The third-order valence-electron chi connectivity index (χ3n) is 2.53. The number of imidazole rings is 1. The number of hydrogen-bond donors (Lipinski definition) is 2. The summed E-state index contributed by atoms with van der Waals surface area (Å²) in [6, 6.07) is 3.86. The van der Waals surface area contributed by atoms with Crippen LogP contribution in [0, 0.1) is 0 Å². The van der Waals surface area contributed by atoms with Crippen molar-refractivity contribution < 1.29 is 10.2 Å². The SMILES string of the molecule is OCC(O)Cn1ccnc1Cc1ccncc1. The zero-order chi connectivity index (χ0) is 12.1. The molecule has 0 saturated heterocycles. The van der Waals surface area contributed by atoms with Crippen LogP contribution in [0.4, 0.5) is 0 Å². The molecule has 17 heavy (non-hydrogen) atoms. The van der Waals surface area contributed by atoms with Gasteiger partial charge in [-0.15, -0.1) is 0 Å². The molecule has 90 valence electrons. The molecule has 2 aromatic heterocycles. The van der Waals surface area contributed by atoms with Gasteiger partial charge in [0.15, 0.2) is 0 Å². The number of nitrogens with zero attached hydrogens (tertiary/aromatic N) is 3. The molecule has 0 aromatic carbocycles. The maximum atomic E-state index is 9.41. The van der Waals surface area contributed by atoms with Crippen molar-refractivity contribution in [3.63, 3.8) is 0 Å². The van der Waals surface area contributed by atoms with E-state index in [-0.39, 0.29) is 6.61 Å². The molecule has 1 atom stereocenters. The van der Waals surface area contributed by atoms with E-state index >= 15 is 0 Å². The molecule has 0 radical (unpaired) electrons. The lowest BCUT2D eigenvalue weighted by Crippen LogP contribution is -2.20. The van der Waals surface area contributed by atoms with Crippen molar-refractivity contribution in [2.75, 3.05) is 6.61 Å². The summed E-state index contributed by atoms with van der Waals surface area (Å²) in [5.74, 6) is 0.865. The highest BCUT2D eigenvalue weighted by Crippen LogP contribution is 2.07. The second kappa shape index (κ2) is 5.56. The van der Waals surface area contributed by atoms with E-state index < -0.39 is 6.10 Å². The molecule has 2 N–H and O–H groups in total. The van der Waals surface area contributed by atoms with Crippen LogP contribution < -0.4 is 0 Å². The van der Waals surface area contributed by atoms with Crippen LogP contribution in [0.1, 0.15) is 11.4 Å². The highest BCUT2D eigenvalue weighted by Gasteiger charge is 2.08. The molecule has 2 aromatic rings. The fraction of sp³-hybridized carbons (Fsp3) is 0.333. The Hall–Kier alpha value is -1.72. The molecule has 0 aliphatic heterocycles. The fourth-order valence-corrected chi connectivity index (χ4v) is 1.64. The number of aromatic nitrogens is 3. The first kappa shape index (κ1) is 11.8. The van der Waals surface area contributed by atoms with E-state index in [9.17, 15) is 5.11 Å². The quantitative estimate of drug-likeness (QED) is 0.775. The minimum Gasteiger partial charge on any atom is -0.394 e. The van der Waals surface area contributed by atoms with Crippen molar-refractivity contribution in [1.82, 2.24) is 14.5 Å². The van der Waals surface area contributed by atoms with Crippen molar-refractivity contribution in [1.29, 1.82) is 0 Å². The summed E-state index contributed by atoms with van der Waals surface area (Å²) < 4.78 is 1.85. The minimum absolute atomic E-state index is 0.243. The van der Waals surface area contributed by atoms with Gasteiger partial charge in [-0.25, -0.2) is 4.98 Å². The first-order valence-electron chi connectivity index (χ1n) is 5.47.